The molecule has 0 bridgehead atoms. The van der Waals surface area contributed by atoms with Crippen molar-refractivity contribution < 1.29 is 19.5 Å². The molecular weight excluding hydrogens is 270 g/mol. The zero-order valence-corrected chi connectivity index (χ0v) is 11.5. The van der Waals surface area contributed by atoms with E-state index in [1.807, 2.05) is 26.0 Å². The molecule has 0 unspecified atom stereocenters. The van der Waals surface area contributed by atoms with Gasteiger partial charge in [0, 0.05) is 5.56 Å². The van der Waals surface area contributed by atoms with Gasteiger partial charge in [0.2, 0.25) is 5.91 Å². The monoisotopic (exact) mass is 285 g/mol. The number of Topliss-reactive ketones (excluding diaryl/α,β-unsaturated/α-hetero) is 1. The number of carboxylic acid groups (broad SMARTS) is 1. The summed E-state index contributed by atoms with van der Waals surface area (Å²) in [6.07, 6.45) is -0.469. The lowest BCUT2D eigenvalue weighted by atomic mass is 10.1. The summed E-state index contributed by atoms with van der Waals surface area (Å²) in [5.74, 6) is -2.16. The molecule has 0 aliphatic heterocycles. The Morgan fingerprint density at radius 3 is 2.16 bits per heavy atom. The second-order valence-corrected chi connectivity index (χ2v) is 4.19. The third-order valence-corrected chi connectivity index (χ3v) is 2.44. The van der Waals surface area contributed by atoms with E-state index in [4.69, 9.17) is 22.4 Å². The van der Waals surface area contributed by atoms with Gasteiger partial charge in [-0.3, -0.25) is 14.4 Å². The number of rotatable bonds is 4. The van der Waals surface area contributed by atoms with E-state index in [0.29, 0.717) is 5.56 Å². The van der Waals surface area contributed by atoms with Crippen molar-refractivity contribution in [3.8, 4) is 0 Å². The third-order valence-electron chi connectivity index (χ3n) is 2.14. The molecule has 3 N–H and O–H groups in total. The molecule has 0 heterocycles. The summed E-state index contributed by atoms with van der Waals surface area (Å²) in [5.41, 5.74) is 7.82. The maximum atomic E-state index is 10.8. The first kappa shape index (κ1) is 17.1. The predicted molar refractivity (Wildman–Crippen MR) is 72.4 cm³/mol. The van der Waals surface area contributed by atoms with Crippen LogP contribution >= 0.6 is 11.6 Å². The number of alkyl halides is 1. The van der Waals surface area contributed by atoms with Crippen LogP contribution in [0.2, 0.25) is 0 Å². The van der Waals surface area contributed by atoms with Gasteiger partial charge in [0.15, 0.2) is 5.78 Å². The van der Waals surface area contributed by atoms with Crippen LogP contribution in [0.4, 0.5) is 0 Å². The highest BCUT2D eigenvalue weighted by molar-refractivity contribution is 6.28. The summed E-state index contributed by atoms with van der Waals surface area (Å²) in [5, 5.41) is 7.94. The number of benzene rings is 1. The molecule has 19 heavy (non-hydrogen) atoms. The minimum Gasteiger partial charge on any atom is -0.481 e. The number of hydrogen-bond acceptors (Lipinski definition) is 3. The van der Waals surface area contributed by atoms with E-state index in [-0.39, 0.29) is 11.8 Å². The first-order valence-electron chi connectivity index (χ1n) is 5.44. The zero-order chi connectivity index (χ0) is 15.0. The third kappa shape index (κ3) is 7.21. The van der Waals surface area contributed by atoms with Crippen molar-refractivity contribution in [1.29, 1.82) is 0 Å². The van der Waals surface area contributed by atoms with E-state index in [9.17, 15) is 14.4 Å². The number of nitrogens with two attached hydrogens (primary N) is 1. The fraction of sp³-hybridized carbons (Fsp3) is 0.308. The summed E-state index contributed by atoms with van der Waals surface area (Å²) in [6, 6.07) is 5.58. The fourth-order valence-electron chi connectivity index (χ4n) is 1.31. The number of carbonyl (C=O) groups is 3. The van der Waals surface area contributed by atoms with Crippen molar-refractivity contribution in [3.05, 3.63) is 34.9 Å². The van der Waals surface area contributed by atoms with Crippen LogP contribution in [0.25, 0.3) is 0 Å². The first-order valence-corrected chi connectivity index (χ1v) is 5.98. The van der Waals surface area contributed by atoms with Crippen molar-refractivity contribution in [1.82, 2.24) is 0 Å². The lowest BCUT2D eigenvalue weighted by Crippen LogP contribution is -2.12. The second kappa shape index (κ2) is 8.26. The molecule has 1 aromatic carbocycles. The minimum atomic E-state index is -1.13. The number of hydrogen-bond donors (Lipinski definition) is 2. The number of ketones is 1. The summed E-state index contributed by atoms with van der Waals surface area (Å²) < 4.78 is 0. The van der Waals surface area contributed by atoms with Crippen LogP contribution in [0, 0.1) is 13.8 Å². The van der Waals surface area contributed by atoms with Crippen LogP contribution in [0.5, 0.6) is 0 Å². The highest BCUT2D eigenvalue weighted by Crippen LogP contribution is 2.08. The highest BCUT2D eigenvalue weighted by atomic mass is 35.5. The maximum Gasteiger partial charge on any atom is 0.310 e. The normalized spacial score (nSPS) is 9.21. The van der Waals surface area contributed by atoms with Gasteiger partial charge >= 0.3 is 5.97 Å². The van der Waals surface area contributed by atoms with Crippen molar-refractivity contribution >= 4 is 29.3 Å². The Morgan fingerprint density at radius 2 is 1.84 bits per heavy atom. The van der Waals surface area contributed by atoms with Crippen molar-refractivity contribution in [2.75, 3.05) is 5.88 Å². The second-order valence-electron chi connectivity index (χ2n) is 3.93. The van der Waals surface area contributed by atoms with Crippen LogP contribution in [0.3, 0.4) is 0 Å². The van der Waals surface area contributed by atoms with Gasteiger partial charge in [0.05, 0.1) is 5.88 Å². The van der Waals surface area contributed by atoms with E-state index in [1.54, 1.807) is 6.07 Å². The zero-order valence-electron chi connectivity index (χ0n) is 10.8. The molecule has 0 saturated carbocycles. The molecule has 5 nitrogen and oxygen atoms in total. The smallest absolute Gasteiger partial charge is 0.310 e. The Morgan fingerprint density at radius 1 is 1.26 bits per heavy atom. The molecule has 0 fully saturated rings. The topological polar surface area (TPSA) is 97.5 Å². The average molecular weight is 286 g/mol. The molecule has 1 rings (SSSR count). The summed E-state index contributed by atoms with van der Waals surface area (Å²) in [4.78, 5) is 30.6. The standard InChI is InChI=1S/C9H11NO.C4H5ClO3/c1-6-3-4-8(9(10)11)7(2)5-6;5-2-3(6)1-4(7)8/h3-5H,1-2H3,(H2,10,11);1-2H2,(H,7,8). The molecule has 6 heteroatoms. The van der Waals surface area contributed by atoms with Gasteiger partial charge in [0.25, 0.3) is 0 Å². The number of carbonyl (C=O) groups excluding carboxylic acids is 2. The molecule has 0 radical (unpaired) electrons. The number of halogens is 1. The molecule has 0 aliphatic rings. The number of amides is 1. The number of carboxylic acids is 1. The van der Waals surface area contributed by atoms with Crippen molar-refractivity contribution in [2.45, 2.75) is 20.3 Å². The van der Waals surface area contributed by atoms with E-state index < -0.39 is 18.2 Å². The number of aliphatic carboxylic acids is 1. The molecule has 0 aromatic heterocycles. The van der Waals surface area contributed by atoms with Gasteiger partial charge in [-0.1, -0.05) is 17.7 Å². The van der Waals surface area contributed by atoms with E-state index in [1.165, 1.54) is 0 Å². The van der Waals surface area contributed by atoms with Crippen molar-refractivity contribution in [3.63, 3.8) is 0 Å². The SMILES string of the molecule is Cc1ccc(C(N)=O)c(C)c1.O=C(O)CC(=O)CCl. The quantitative estimate of drug-likeness (QED) is 0.649. The van der Waals surface area contributed by atoms with Crippen LogP contribution in [0.15, 0.2) is 18.2 Å². The molecule has 0 saturated heterocycles. The molecule has 1 aromatic rings. The Labute approximate surface area is 116 Å². The van der Waals surface area contributed by atoms with Gasteiger partial charge < -0.3 is 10.8 Å². The number of aryl methyl sites for hydroxylation is 2. The number of primary amides is 1. The largest absolute Gasteiger partial charge is 0.481 e. The fourth-order valence-corrected chi connectivity index (χ4v) is 1.40. The van der Waals surface area contributed by atoms with Gasteiger partial charge in [-0.15, -0.1) is 11.6 Å². The van der Waals surface area contributed by atoms with E-state index >= 15 is 0 Å². The minimum absolute atomic E-state index is 0.216. The Bertz CT molecular complexity index is 486. The van der Waals surface area contributed by atoms with Crippen LogP contribution < -0.4 is 5.73 Å². The van der Waals surface area contributed by atoms with Crippen LogP contribution in [0.1, 0.15) is 27.9 Å². The van der Waals surface area contributed by atoms with Gasteiger partial charge in [0.1, 0.15) is 6.42 Å². The summed E-state index contributed by atoms with van der Waals surface area (Å²) >= 11 is 4.98. The highest BCUT2D eigenvalue weighted by Gasteiger charge is 2.04. The first-order chi connectivity index (χ1) is 8.77. The van der Waals surface area contributed by atoms with Crippen molar-refractivity contribution in [2.24, 2.45) is 5.73 Å². The Kier molecular flexibility index (Phi) is 7.44. The van der Waals surface area contributed by atoms with Gasteiger partial charge in [-0.05, 0) is 25.5 Å². The molecular formula is C13H16ClNO4. The molecule has 1 amide bonds. The van der Waals surface area contributed by atoms with Crippen LogP contribution in [-0.4, -0.2) is 28.6 Å². The predicted octanol–water partition coefficient (Wildman–Crippen LogP) is 1.67. The molecule has 0 aliphatic carbocycles. The lowest BCUT2D eigenvalue weighted by Gasteiger charge is -2.01. The van der Waals surface area contributed by atoms with Crippen LogP contribution in [-0.2, 0) is 9.59 Å². The molecule has 104 valence electrons. The van der Waals surface area contributed by atoms with Gasteiger partial charge in [-0.25, -0.2) is 0 Å². The Balaban J connectivity index is 0.000000362. The maximum absolute atomic E-state index is 10.8. The molecule has 0 spiro atoms. The average Bonchev–Trinajstić information content (AvgIpc) is 2.28. The summed E-state index contributed by atoms with van der Waals surface area (Å²) in [6.45, 7) is 3.87. The van der Waals surface area contributed by atoms with Gasteiger partial charge in [-0.2, -0.15) is 0 Å². The lowest BCUT2D eigenvalue weighted by molar-refractivity contribution is -0.139. The van der Waals surface area contributed by atoms with E-state index in [2.05, 4.69) is 0 Å². The molecule has 0 atom stereocenters. The summed E-state index contributed by atoms with van der Waals surface area (Å²) in [7, 11) is 0. The van der Waals surface area contributed by atoms with E-state index in [0.717, 1.165) is 11.1 Å². The Hall–Kier alpha value is -1.88.